The zero-order valence-corrected chi connectivity index (χ0v) is 11.8. The minimum Gasteiger partial charge on any atom is -0.503 e. The number of aryl methyl sites for hydroxylation is 2. The predicted molar refractivity (Wildman–Crippen MR) is 78.4 cm³/mol. The summed E-state index contributed by atoms with van der Waals surface area (Å²) >= 11 is 0. The summed E-state index contributed by atoms with van der Waals surface area (Å²) in [4.78, 5) is 11.4. The molecule has 4 nitrogen and oxygen atoms in total. The molecule has 0 fully saturated rings. The lowest BCUT2D eigenvalue weighted by atomic mass is 10.1. The molecule has 1 aromatic carbocycles. The van der Waals surface area contributed by atoms with Crippen LogP contribution in [-0.2, 0) is 19.4 Å². The zero-order chi connectivity index (χ0) is 14.5. The molecule has 20 heavy (non-hydrogen) atoms. The molecule has 1 N–H and O–H groups in total. The Morgan fingerprint density at radius 2 is 1.90 bits per heavy atom. The highest BCUT2D eigenvalue weighted by atomic mass is 16.5. The average Bonchev–Trinajstić information content (AvgIpc) is 2.49. The van der Waals surface area contributed by atoms with Crippen LogP contribution in [0.4, 0.5) is 0 Å². The molecule has 2 aromatic rings. The molecule has 0 aliphatic heterocycles. The van der Waals surface area contributed by atoms with Crippen molar-refractivity contribution in [3.05, 3.63) is 58.0 Å². The number of nitrogens with zero attached hydrogens (tertiary/aromatic N) is 1. The molecule has 2 rings (SSSR count). The van der Waals surface area contributed by atoms with Crippen molar-refractivity contribution in [3.63, 3.8) is 0 Å². The van der Waals surface area contributed by atoms with Crippen molar-refractivity contribution >= 4 is 0 Å². The van der Waals surface area contributed by atoms with Gasteiger partial charge in [-0.3, -0.25) is 4.79 Å². The number of hydrogen-bond donors (Lipinski definition) is 1. The van der Waals surface area contributed by atoms with Crippen molar-refractivity contribution in [1.82, 2.24) is 4.57 Å². The second-order valence-electron chi connectivity index (χ2n) is 4.62. The summed E-state index contributed by atoms with van der Waals surface area (Å²) in [6, 6.07) is 9.31. The van der Waals surface area contributed by atoms with Gasteiger partial charge in [0.15, 0.2) is 5.75 Å². The third-order valence-corrected chi connectivity index (χ3v) is 3.39. The fourth-order valence-electron chi connectivity index (χ4n) is 2.23. The van der Waals surface area contributed by atoms with Gasteiger partial charge >= 0.3 is 0 Å². The van der Waals surface area contributed by atoms with Gasteiger partial charge in [0, 0.05) is 18.8 Å². The molecule has 0 aliphatic rings. The average molecular weight is 273 g/mol. The van der Waals surface area contributed by atoms with Gasteiger partial charge in [0.25, 0.3) is 0 Å². The van der Waals surface area contributed by atoms with Gasteiger partial charge in [-0.25, -0.2) is 0 Å². The van der Waals surface area contributed by atoms with Gasteiger partial charge in [-0.05, 0) is 30.5 Å². The quantitative estimate of drug-likeness (QED) is 0.910. The topological polar surface area (TPSA) is 51.5 Å². The standard InChI is InChI=1S/C16H19NO3/c1-3-14-16(19)15(18)9-11-17(14)10-8-12-4-6-13(20-2)7-5-12/h4-7,9,11,19H,3,8,10H2,1-2H3. The Hall–Kier alpha value is -2.23. The van der Waals surface area contributed by atoms with Crippen molar-refractivity contribution in [2.45, 2.75) is 26.3 Å². The molecule has 0 saturated heterocycles. The van der Waals surface area contributed by atoms with Crippen LogP contribution in [0.3, 0.4) is 0 Å². The summed E-state index contributed by atoms with van der Waals surface area (Å²) in [6.45, 7) is 2.65. The molecule has 0 radical (unpaired) electrons. The first-order valence-electron chi connectivity index (χ1n) is 6.70. The van der Waals surface area contributed by atoms with Crippen LogP contribution < -0.4 is 10.2 Å². The summed E-state index contributed by atoms with van der Waals surface area (Å²) in [7, 11) is 1.64. The van der Waals surface area contributed by atoms with E-state index in [1.165, 1.54) is 11.6 Å². The summed E-state index contributed by atoms with van der Waals surface area (Å²) in [5.74, 6) is 0.703. The van der Waals surface area contributed by atoms with Gasteiger partial charge in [0.1, 0.15) is 5.75 Å². The number of aromatic nitrogens is 1. The van der Waals surface area contributed by atoms with Gasteiger partial charge in [-0.2, -0.15) is 0 Å². The molecular weight excluding hydrogens is 254 g/mol. The molecule has 0 unspecified atom stereocenters. The maximum absolute atomic E-state index is 11.4. The Labute approximate surface area is 118 Å². The highest BCUT2D eigenvalue weighted by Gasteiger charge is 2.07. The van der Waals surface area contributed by atoms with E-state index in [1.54, 1.807) is 13.3 Å². The highest BCUT2D eigenvalue weighted by molar-refractivity contribution is 5.28. The van der Waals surface area contributed by atoms with Crippen LogP contribution in [0.5, 0.6) is 11.5 Å². The molecule has 1 heterocycles. The summed E-state index contributed by atoms with van der Waals surface area (Å²) < 4.78 is 7.06. The number of rotatable bonds is 5. The largest absolute Gasteiger partial charge is 0.503 e. The maximum atomic E-state index is 11.4. The first-order chi connectivity index (χ1) is 9.65. The summed E-state index contributed by atoms with van der Waals surface area (Å²) in [5, 5.41) is 9.79. The lowest BCUT2D eigenvalue weighted by molar-refractivity contribution is 0.414. The van der Waals surface area contributed by atoms with E-state index >= 15 is 0 Å². The zero-order valence-electron chi connectivity index (χ0n) is 11.8. The maximum Gasteiger partial charge on any atom is 0.223 e. The van der Waals surface area contributed by atoms with E-state index in [9.17, 15) is 9.90 Å². The molecule has 106 valence electrons. The van der Waals surface area contributed by atoms with Gasteiger partial charge in [-0.15, -0.1) is 0 Å². The van der Waals surface area contributed by atoms with Gasteiger partial charge < -0.3 is 14.4 Å². The van der Waals surface area contributed by atoms with Crippen molar-refractivity contribution in [2.75, 3.05) is 7.11 Å². The van der Waals surface area contributed by atoms with Crippen molar-refractivity contribution in [1.29, 1.82) is 0 Å². The van der Waals surface area contributed by atoms with Crippen LogP contribution in [0, 0.1) is 0 Å². The number of aromatic hydroxyl groups is 1. The van der Waals surface area contributed by atoms with Gasteiger partial charge in [0.05, 0.1) is 12.8 Å². The Morgan fingerprint density at radius 3 is 2.50 bits per heavy atom. The second-order valence-corrected chi connectivity index (χ2v) is 4.62. The Kier molecular flexibility index (Phi) is 4.45. The molecule has 0 atom stereocenters. The van der Waals surface area contributed by atoms with Gasteiger partial charge in [0.2, 0.25) is 5.43 Å². The highest BCUT2D eigenvalue weighted by Crippen LogP contribution is 2.15. The molecule has 0 bridgehead atoms. The number of benzene rings is 1. The lowest BCUT2D eigenvalue weighted by Gasteiger charge is -2.13. The number of hydrogen-bond acceptors (Lipinski definition) is 3. The molecule has 1 aromatic heterocycles. The third-order valence-electron chi connectivity index (χ3n) is 3.39. The van der Waals surface area contributed by atoms with E-state index in [1.807, 2.05) is 35.8 Å². The molecule has 0 amide bonds. The SMILES string of the molecule is CCc1c(O)c(=O)ccn1CCc1ccc(OC)cc1. The van der Waals surface area contributed by atoms with E-state index < -0.39 is 0 Å². The van der Waals surface area contributed by atoms with E-state index in [0.717, 1.165) is 18.7 Å². The van der Waals surface area contributed by atoms with Crippen molar-refractivity contribution in [3.8, 4) is 11.5 Å². The lowest BCUT2D eigenvalue weighted by Crippen LogP contribution is -2.13. The molecule has 0 aliphatic carbocycles. The van der Waals surface area contributed by atoms with E-state index in [-0.39, 0.29) is 11.2 Å². The normalized spacial score (nSPS) is 10.5. The van der Waals surface area contributed by atoms with Crippen LogP contribution in [0.15, 0.2) is 41.3 Å². The fourth-order valence-corrected chi connectivity index (χ4v) is 2.23. The summed E-state index contributed by atoms with van der Waals surface area (Å²) in [6.07, 6.45) is 3.20. The molecule has 0 spiro atoms. The van der Waals surface area contributed by atoms with Crippen LogP contribution >= 0.6 is 0 Å². The monoisotopic (exact) mass is 273 g/mol. The predicted octanol–water partition coefficient (Wildman–Crippen LogP) is 2.37. The minimum atomic E-state index is -0.317. The molecule has 4 heteroatoms. The third kappa shape index (κ3) is 3.02. The fraction of sp³-hybridized carbons (Fsp3) is 0.312. The van der Waals surface area contributed by atoms with E-state index in [0.29, 0.717) is 12.1 Å². The van der Waals surface area contributed by atoms with Crippen molar-refractivity contribution < 1.29 is 9.84 Å². The van der Waals surface area contributed by atoms with E-state index in [2.05, 4.69) is 0 Å². The first kappa shape index (κ1) is 14.2. The number of ether oxygens (including phenoxy) is 1. The first-order valence-corrected chi connectivity index (χ1v) is 6.70. The van der Waals surface area contributed by atoms with Crippen LogP contribution in [0.25, 0.3) is 0 Å². The van der Waals surface area contributed by atoms with Crippen LogP contribution in [0.2, 0.25) is 0 Å². The van der Waals surface area contributed by atoms with Crippen LogP contribution in [0.1, 0.15) is 18.2 Å². The Bertz CT molecular complexity index is 629. The number of pyridine rings is 1. The molecular formula is C16H19NO3. The summed E-state index contributed by atoms with van der Waals surface area (Å²) in [5.41, 5.74) is 1.56. The van der Waals surface area contributed by atoms with Gasteiger partial charge in [-0.1, -0.05) is 19.1 Å². The van der Waals surface area contributed by atoms with Crippen LogP contribution in [-0.4, -0.2) is 16.8 Å². The smallest absolute Gasteiger partial charge is 0.223 e. The molecule has 0 saturated carbocycles. The van der Waals surface area contributed by atoms with Crippen molar-refractivity contribution in [2.24, 2.45) is 0 Å². The minimum absolute atomic E-state index is 0.135. The van der Waals surface area contributed by atoms with E-state index in [4.69, 9.17) is 4.74 Å². The number of methoxy groups -OCH3 is 1. The Morgan fingerprint density at radius 1 is 1.20 bits per heavy atom. The second kappa shape index (κ2) is 6.28. The Balaban J connectivity index is 2.14.